The van der Waals surface area contributed by atoms with Crippen LogP contribution in [0, 0.1) is 0 Å². The van der Waals surface area contributed by atoms with Crippen LogP contribution >= 0.6 is 23.1 Å². The molecule has 0 saturated heterocycles. The Bertz CT molecular complexity index is 1260. The molecule has 1 aliphatic carbocycles. The highest BCUT2D eigenvalue weighted by atomic mass is 32.2. The monoisotopic (exact) mass is 479 g/mol. The second-order valence-electron chi connectivity index (χ2n) is 7.55. The van der Waals surface area contributed by atoms with E-state index in [4.69, 9.17) is 14.9 Å². The molecule has 0 bridgehead atoms. The molecular weight excluding hydrogens is 454 g/mol. The van der Waals surface area contributed by atoms with E-state index in [1.807, 2.05) is 24.3 Å². The van der Waals surface area contributed by atoms with Gasteiger partial charge in [0.15, 0.2) is 5.16 Å². The summed E-state index contributed by atoms with van der Waals surface area (Å²) in [5, 5.41) is 6.39. The smallest absolute Gasteiger partial charge is 0.267 e. The number of methoxy groups -OCH3 is 1. The van der Waals surface area contributed by atoms with Gasteiger partial charge in [-0.3, -0.25) is 9.36 Å². The number of thiophene rings is 1. The van der Waals surface area contributed by atoms with Gasteiger partial charge in [0.25, 0.3) is 5.56 Å². The lowest BCUT2D eigenvalue weighted by atomic mass is 10.1. The molecular formula is C21H25N3O4S3. The van der Waals surface area contributed by atoms with Crippen molar-refractivity contribution in [2.24, 2.45) is 5.14 Å². The van der Waals surface area contributed by atoms with Gasteiger partial charge in [0.05, 0.1) is 23.9 Å². The second kappa shape index (κ2) is 9.32. The zero-order chi connectivity index (χ0) is 22.0. The topological polar surface area (TPSA) is 104 Å². The van der Waals surface area contributed by atoms with Gasteiger partial charge in [-0.2, -0.15) is 0 Å². The van der Waals surface area contributed by atoms with Crippen molar-refractivity contribution >= 4 is 43.3 Å². The molecule has 10 heteroatoms. The minimum absolute atomic E-state index is 0.0772. The van der Waals surface area contributed by atoms with E-state index in [9.17, 15) is 13.2 Å². The van der Waals surface area contributed by atoms with E-state index in [1.54, 1.807) is 23.0 Å². The molecule has 1 aliphatic rings. The molecule has 0 amide bonds. The summed E-state index contributed by atoms with van der Waals surface area (Å²) in [6.45, 7) is 0. The lowest BCUT2D eigenvalue weighted by Crippen LogP contribution is -2.22. The van der Waals surface area contributed by atoms with Crippen molar-refractivity contribution in [3.8, 4) is 11.4 Å². The third-order valence-electron chi connectivity index (χ3n) is 5.32. The maximum absolute atomic E-state index is 13.7. The predicted molar refractivity (Wildman–Crippen MR) is 126 cm³/mol. The van der Waals surface area contributed by atoms with Crippen LogP contribution in [0.1, 0.15) is 36.1 Å². The van der Waals surface area contributed by atoms with Crippen molar-refractivity contribution in [1.29, 1.82) is 0 Å². The van der Waals surface area contributed by atoms with Crippen molar-refractivity contribution in [3.63, 3.8) is 0 Å². The highest BCUT2D eigenvalue weighted by Gasteiger charge is 2.22. The van der Waals surface area contributed by atoms with E-state index < -0.39 is 10.0 Å². The van der Waals surface area contributed by atoms with Gasteiger partial charge in [-0.05, 0) is 49.8 Å². The normalized spacial score (nSPS) is 14.4. The molecule has 0 fully saturated rings. The number of rotatable bonds is 7. The Morgan fingerprint density at radius 1 is 1.26 bits per heavy atom. The zero-order valence-electron chi connectivity index (χ0n) is 17.3. The fourth-order valence-electron chi connectivity index (χ4n) is 3.86. The Hall–Kier alpha value is -1.88. The van der Waals surface area contributed by atoms with E-state index in [1.165, 1.54) is 23.1 Å². The minimum Gasteiger partial charge on any atom is -0.497 e. The summed E-state index contributed by atoms with van der Waals surface area (Å²) < 4.78 is 29.5. The third-order valence-corrected chi connectivity index (χ3v) is 8.39. The van der Waals surface area contributed by atoms with Gasteiger partial charge in [0.2, 0.25) is 10.0 Å². The molecule has 1 aromatic carbocycles. The molecule has 31 heavy (non-hydrogen) atoms. The predicted octanol–water partition coefficient (Wildman–Crippen LogP) is 3.50. The van der Waals surface area contributed by atoms with Crippen LogP contribution in [0.15, 0.2) is 34.2 Å². The fourth-order valence-corrected chi connectivity index (χ4v) is 6.84. The van der Waals surface area contributed by atoms with Crippen LogP contribution in [-0.4, -0.2) is 36.6 Å². The minimum atomic E-state index is -3.52. The van der Waals surface area contributed by atoms with Gasteiger partial charge in [-0.25, -0.2) is 18.5 Å². The van der Waals surface area contributed by atoms with Crippen LogP contribution in [0.5, 0.6) is 5.75 Å². The van der Waals surface area contributed by atoms with Crippen molar-refractivity contribution < 1.29 is 13.2 Å². The molecule has 2 heterocycles. The van der Waals surface area contributed by atoms with Gasteiger partial charge in [-0.15, -0.1) is 11.3 Å². The first-order valence-electron chi connectivity index (χ1n) is 10.2. The van der Waals surface area contributed by atoms with E-state index >= 15 is 0 Å². The lowest BCUT2D eigenvalue weighted by molar-refractivity contribution is 0.414. The number of aromatic nitrogens is 2. The number of nitrogens with two attached hydrogens (primary N) is 1. The first kappa shape index (κ1) is 22.3. The summed E-state index contributed by atoms with van der Waals surface area (Å²) in [6, 6.07) is 7.34. The zero-order valence-corrected chi connectivity index (χ0v) is 19.7. The molecule has 7 nitrogen and oxygen atoms in total. The van der Waals surface area contributed by atoms with Crippen LogP contribution in [0.4, 0.5) is 0 Å². The van der Waals surface area contributed by atoms with Crippen molar-refractivity contribution in [2.45, 2.75) is 43.7 Å². The maximum Gasteiger partial charge on any atom is 0.267 e. The van der Waals surface area contributed by atoms with Crippen molar-refractivity contribution in [3.05, 3.63) is 45.1 Å². The lowest BCUT2D eigenvalue weighted by Gasteiger charge is -2.13. The standard InChI is InChI=1S/C21H25N3O4S3/c1-28-15-8-5-7-14(13-15)24-20(25)18-16-9-3-2-4-10-17(16)30-19(18)23-21(24)29-11-6-12-31(22,26)27/h5,7-8,13H,2-4,6,9-12H2,1H3,(H2,22,26,27). The van der Waals surface area contributed by atoms with E-state index in [2.05, 4.69) is 0 Å². The van der Waals surface area contributed by atoms with Crippen LogP contribution < -0.4 is 15.4 Å². The number of fused-ring (bicyclic) bond motifs is 3. The summed E-state index contributed by atoms with van der Waals surface area (Å²) in [6.07, 6.45) is 5.69. The number of hydrogen-bond acceptors (Lipinski definition) is 7. The first-order valence-corrected chi connectivity index (χ1v) is 13.7. The number of primary sulfonamides is 1. The second-order valence-corrected chi connectivity index (χ2v) is 11.4. The molecule has 0 aliphatic heterocycles. The average molecular weight is 480 g/mol. The van der Waals surface area contributed by atoms with Crippen LogP contribution in [0.3, 0.4) is 0 Å². The number of hydrogen-bond donors (Lipinski definition) is 1. The quantitative estimate of drug-likeness (QED) is 0.241. The summed E-state index contributed by atoms with van der Waals surface area (Å²) in [4.78, 5) is 20.6. The molecule has 3 aromatic rings. The van der Waals surface area contributed by atoms with Gasteiger partial charge in [0.1, 0.15) is 10.6 Å². The highest BCUT2D eigenvalue weighted by molar-refractivity contribution is 7.99. The molecule has 2 aromatic heterocycles. The van der Waals surface area contributed by atoms with E-state index in [0.29, 0.717) is 28.8 Å². The van der Waals surface area contributed by atoms with E-state index in [-0.39, 0.29) is 11.3 Å². The van der Waals surface area contributed by atoms with Crippen molar-refractivity contribution in [2.75, 3.05) is 18.6 Å². The Kier molecular flexibility index (Phi) is 6.71. The maximum atomic E-state index is 13.7. The Morgan fingerprint density at radius 3 is 2.84 bits per heavy atom. The Morgan fingerprint density at radius 2 is 2.06 bits per heavy atom. The average Bonchev–Trinajstić information content (AvgIpc) is 2.92. The van der Waals surface area contributed by atoms with Gasteiger partial charge in [0, 0.05) is 16.7 Å². The largest absolute Gasteiger partial charge is 0.497 e. The van der Waals surface area contributed by atoms with E-state index in [0.717, 1.165) is 41.5 Å². The molecule has 0 atom stereocenters. The SMILES string of the molecule is COc1cccc(-n2c(SCCCS(N)(=O)=O)nc3sc4c(c3c2=O)CCCCC4)c1. The van der Waals surface area contributed by atoms with Gasteiger partial charge in [-0.1, -0.05) is 24.2 Å². The van der Waals surface area contributed by atoms with Crippen LogP contribution in [0.2, 0.25) is 0 Å². The summed E-state index contributed by atoms with van der Waals surface area (Å²) >= 11 is 2.99. The molecule has 0 spiro atoms. The number of ether oxygens (including phenoxy) is 1. The third kappa shape index (κ3) is 4.97. The van der Waals surface area contributed by atoms with Crippen molar-refractivity contribution in [1.82, 2.24) is 9.55 Å². The first-order chi connectivity index (χ1) is 14.9. The van der Waals surface area contributed by atoms with Crippen LogP contribution in [-0.2, 0) is 22.9 Å². The molecule has 2 N–H and O–H groups in total. The van der Waals surface area contributed by atoms with Gasteiger partial charge >= 0.3 is 0 Å². The summed E-state index contributed by atoms with van der Waals surface area (Å²) in [5.41, 5.74) is 1.75. The number of thioether (sulfide) groups is 1. The number of benzene rings is 1. The van der Waals surface area contributed by atoms with Crippen LogP contribution in [0.25, 0.3) is 15.9 Å². The molecule has 166 valence electrons. The molecule has 0 saturated carbocycles. The fraction of sp³-hybridized carbons (Fsp3) is 0.429. The van der Waals surface area contributed by atoms with Gasteiger partial charge < -0.3 is 4.74 Å². The number of sulfonamides is 1. The highest BCUT2D eigenvalue weighted by Crippen LogP contribution is 2.35. The molecule has 4 rings (SSSR count). The summed E-state index contributed by atoms with van der Waals surface area (Å²) in [7, 11) is -1.93. The molecule has 0 unspecified atom stereocenters. The Balaban J connectivity index is 1.83. The summed E-state index contributed by atoms with van der Waals surface area (Å²) in [5.74, 6) is 1.04. The molecule has 0 radical (unpaired) electrons. The Labute approximate surface area is 189 Å². The number of nitrogens with zero attached hydrogens (tertiary/aromatic N) is 2. The number of aryl methyl sites for hydroxylation is 2.